The van der Waals surface area contributed by atoms with Crippen LogP contribution in [-0.4, -0.2) is 13.1 Å². The number of rotatable bonds is 6. The first-order chi connectivity index (χ1) is 7.99. The van der Waals surface area contributed by atoms with E-state index in [-0.39, 0.29) is 0 Å². The monoisotopic (exact) mass is 233 g/mol. The molecule has 1 rings (SSSR count). The third-order valence-corrected chi connectivity index (χ3v) is 4.03. The van der Waals surface area contributed by atoms with Crippen molar-refractivity contribution < 1.29 is 0 Å². The molecule has 1 aromatic carbocycles. The van der Waals surface area contributed by atoms with Gasteiger partial charge in [0.25, 0.3) is 0 Å². The van der Waals surface area contributed by atoms with E-state index in [4.69, 9.17) is 0 Å². The van der Waals surface area contributed by atoms with Gasteiger partial charge in [-0.2, -0.15) is 0 Å². The van der Waals surface area contributed by atoms with Crippen LogP contribution in [0.15, 0.2) is 24.3 Å². The highest BCUT2D eigenvalue weighted by molar-refractivity contribution is 5.26. The van der Waals surface area contributed by atoms with Crippen LogP contribution in [0.3, 0.4) is 0 Å². The van der Waals surface area contributed by atoms with Crippen LogP contribution in [-0.2, 0) is 6.42 Å². The second-order valence-corrected chi connectivity index (χ2v) is 5.69. The quantitative estimate of drug-likeness (QED) is 0.788. The summed E-state index contributed by atoms with van der Waals surface area (Å²) in [6, 6.07) is 8.75. The lowest BCUT2D eigenvalue weighted by Gasteiger charge is -2.35. The van der Waals surface area contributed by atoms with Crippen molar-refractivity contribution in [2.75, 3.05) is 13.1 Å². The summed E-state index contributed by atoms with van der Waals surface area (Å²) < 4.78 is 0. The topological polar surface area (TPSA) is 12.0 Å². The summed E-state index contributed by atoms with van der Waals surface area (Å²) in [5.41, 5.74) is 3.24. The van der Waals surface area contributed by atoms with Crippen molar-refractivity contribution in [3.8, 4) is 0 Å². The molecule has 1 atom stereocenters. The van der Waals surface area contributed by atoms with Crippen LogP contribution in [0.4, 0.5) is 0 Å². The summed E-state index contributed by atoms with van der Waals surface area (Å²) in [7, 11) is 0. The van der Waals surface area contributed by atoms with Gasteiger partial charge >= 0.3 is 0 Å². The van der Waals surface area contributed by atoms with Gasteiger partial charge in [-0.25, -0.2) is 0 Å². The molecule has 1 aromatic rings. The lowest BCUT2D eigenvalue weighted by molar-refractivity contribution is 0.208. The molecule has 0 heterocycles. The molecule has 0 aromatic heterocycles. The highest BCUT2D eigenvalue weighted by atomic mass is 14.9. The summed E-state index contributed by atoms with van der Waals surface area (Å²) in [6.45, 7) is 13.6. The predicted octanol–water partition coefficient (Wildman–Crippen LogP) is 3.81. The van der Waals surface area contributed by atoms with Crippen LogP contribution < -0.4 is 5.32 Å². The molecule has 1 N–H and O–H groups in total. The summed E-state index contributed by atoms with van der Waals surface area (Å²) in [4.78, 5) is 0. The van der Waals surface area contributed by atoms with E-state index in [9.17, 15) is 0 Å². The number of hydrogen-bond acceptors (Lipinski definition) is 1. The predicted molar refractivity (Wildman–Crippen MR) is 76.4 cm³/mol. The number of nitrogens with one attached hydrogen (secondary N) is 1. The first kappa shape index (κ1) is 14.2. The first-order valence-electron chi connectivity index (χ1n) is 6.75. The molecule has 0 amide bonds. The van der Waals surface area contributed by atoms with Gasteiger partial charge in [-0.1, -0.05) is 52.0 Å². The van der Waals surface area contributed by atoms with E-state index in [0.29, 0.717) is 11.3 Å². The molecule has 1 heteroatoms. The van der Waals surface area contributed by atoms with Crippen LogP contribution in [0.25, 0.3) is 0 Å². The van der Waals surface area contributed by atoms with Gasteiger partial charge in [0.1, 0.15) is 0 Å². The van der Waals surface area contributed by atoms with E-state index < -0.39 is 0 Å². The third kappa shape index (κ3) is 3.85. The minimum atomic E-state index is 0.335. The lowest BCUT2D eigenvalue weighted by atomic mass is 9.73. The van der Waals surface area contributed by atoms with Crippen molar-refractivity contribution in [1.29, 1.82) is 0 Å². The van der Waals surface area contributed by atoms with Crippen LogP contribution in [0.2, 0.25) is 0 Å². The lowest BCUT2D eigenvalue weighted by Crippen LogP contribution is -2.38. The Morgan fingerprint density at radius 3 is 2.41 bits per heavy atom. The van der Waals surface area contributed by atoms with E-state index in [2.05, 4.69) is 64.2 Å². The third-order valence-electron chi connectivity index (χ3n) is 4.03. The van der Waals surface area contributed by atoms with E-state index in [1.165, 1.54) is 11.1 Å². The van der Waals surface area contributed by atoms with Gasteiger partial charge in [0.05, 0.1) is 0 Å². The normalized spacial score (nSPS) is 14.9. The molecule has 0 aliphatic carbocycles. The molecule has 0 saturated carbocycles. The zero-order valence-electron chi connectivity index (χ0n) is 12.0. The van der Waals surface area contributed by atoms with Gasteiger partial charge in [0.15, 0.2) is 0 Å². The minimum absolute atomic E-state index is 0.335. The van der Waals surface area contributed by atoms with Crippen molar-refractivity contribution in [2.45, 2.75) is 41.0 Å². The largest absolute Gasteiger partial charge is 0.316 e. The maximum absolute atomic E-state index is 3.51. The van der Waals surface area contributed by atoms with Crippen molar-refractivity contribution in [3.05, 3.63) is 35.4 Å². The fraction of sp³-hybridized carbons (Fsp3) is 0.625. The average Bonchev–Trinajstić information content (AvgIpc) is 2.29. The molecule has 17 heavy (non-hydrogen) atoms. The van der Waals surface area contributed by atoms with Crippen molar-refractivity contribution in [3.63, 3.8) is 0 Å². The molecule has 1 nitrogen and oxygen atoms in total. The van der Waals surface area contributed by atoms with Gasteiger partial charge in [0.2, 0.25) is 0 Å². The maximum atomic E-state index is 3.51. The van der Waals surface area contributed by atoms with Crippen LogP contribution in [0, 0.1) is 18.3 Å². The minimum Gasteiger partial charge on any atom is -0.316 e. The van der Waals surface area contributed by atoms with Crippen molar-refractivity contribution in [2.24, 2.45) is 11.3 Å². The van der Waals surface area contributed by atoms with Crippen LogP contribution in [0.1, 0.15) is 38.8 Å². The fourth-order valence-electron chi connectivity index (χ4n) is 2.12. The molecule has 96 valence electrons. The molecule has 0 bridgehead atoms. The second-order valence-electron chi connectivity index (χ2n) is 5.69. The maximum Gasteiger partial charge on any atom is 0.00107 e. The molecule has 1 unspecified atom stereocenters. The Morgan fingerprint density at radius 1 is 1.24 bits per heavy atom. The van der Waals surface area contributed by atoms with E-state index in [1.807, 2.05) is 0 Å². The Bertz CT molecular complexity index is 343. The van der Waals surface area contributed by atoms with Crippen molar-refractivity contribution in [1.82, 2.24) is 5.32 Å². The molecule has 0 aliphatic heterocycles. The van der Waals surface area contributed by atoms with Gasteiger partial charge < -0.3 is 5.32 Å². The molecule has 0 saturated heterocycles. The molecule has 0 fully saturated rings. The molecule has 0 aliphatic rings. The Hall–Kier alpha value is -0.820. The summed E-state index contributed by atoms with van der Waals surface area (Å²) in [5, 5.41) is 3.51. The standard InChI is InChI=1S/C16H27N/c1-6-17-12-16(5,13(2)3)11-15-10-8-7-9-14(15)4/h7-10,13,17H,6,11-12H2,1-5H3. The number of hydrogen-bond donors (Lipinski definition) is 1. The number of aryl methyl sites for hydroxylation is 1. The van der Waals surface area contributed by atoms with Gasteiger partial charge in [0, 0.05) is 6.54 Å². The Kier molecular flexibility index (Phi) is 5.20. The highest BCUT2D eigenvalue weighted by Gasteiger charge is 2.28. The first-order valence-corrected chi connectivity index (χ1v) is 6.75. The second kappa shape index (κ2) is 6.20. The molecular formula is C16H27N. The smallest absolute Gasteiger partial charge is 0.00107 e. The summed E-state index contributed by atoms with van der Waals surface area (Å²) >= 11 is 0. The van der Waals surface area contributed by atoms with Gasteiger partial charge in [-0.15, -0.1) is 0 Å². The van der Waals surface area contributed by atoms with Gasteiger partial charge in [-0.3, -0.25) is 0 Å². The SMILES string of the molecule is CCNCC(C)(Cc1ccccc1C)C(C)C. The van der Waals surface area contributed by atoms with E-state index in [1.54, 1.807) is 0 Å². The van der Waals surface area contributed by atoms with E-state index >= 15 is 0 Å². The zero-order valence-corrected chi connectivity index (χ0v) is 12.0. The Balaban J connectivity index is 2.83. The Labute approximate surface area is 107 Å². The highest BCUT2D eigenvalue weighted by Crippen LogP contribution is 2.31. The number of benzene rings is 1. The molecular weight excluding hydrogens is 206 g/mol. The van der Waals surface area contributed by atoms with Crippen molar-refractivity contribution >= 4 is 0 Å². The van der Waals surface area contributed by atoms with Crippen LogP contribution >= 0.6 is 0 Å². The van der Waals surface area contributed by atoms with Crippen LogP contribution in [0.5, 0.6) is 0 Å². The van der Waals surface area contributed by atoms with Gasteiger partial charge in [-0.05, 0) is 42.3 Å². The average molecular weight is 233 g/mol. The summed E-state index contributed by atoms with van der Waals surface area (Å²) in [6.07, 6.45) is 1.16. The Morgan fingerprint density at radius 2 is 1.88 bits per heavy atom. The van der Waals surface area contributed by atoms with E-state index in [0.717, 1.165) is 19.5 Å². The molecule has 0 spiro atoms. The summed E-state index contributed by atoms with van der Waals surface area (Å²) in [5.74, 6) is 0.682. The zero-order chi connectivity index (χ0) is 12.9. The fourth-order valence-corrected chi connectivity index (χ4v) is 2.12. The molecule has 0 radical (unpaired) electrons.